The van der Waals surface area contributed by atoms with E-state index in [-0.39, 0.29) is 5.56 Å². The molecule has 132 valence electrons. The summed E-state index contributed by atoms with van der Waals surface area (Å²) in [7, 11) is 0. The molecule has 0 bridgehead atoms. The second-order valence-corrected chi connectivity index (χ2v) is 5.83. The van der Waals surface area contributed by atoms with Crippen molar-refractivity contribution in [3.05, 3.63) is 88.7 Å². The van der Waals surface area contributed by atoms with Gasteiger partial charge in [0.15, 0.2) is 0 Å². The van der Waals surface area contributed by atoms with Gasteiger partial charge in [0.2, 0.25) is 0 Å². The summed E-state index contributed by atoms with van der Waals surface area (Å²) in [4.78, 5) is 12.1. The van der Waals surface area contributed by atoms with Crippen molar-refractivity contribution < 1.29 is 13.6 Å². The van der Waals surface area contributed by atoms with Crippen molar-refractivity contribution in [1.29, 1.82) is 0 Å². The van der Waals surface area contributed by atoms with Crippen molar-refractivity contribution in [2.24, 2.45) is 5.10 Å². The average molecular weight is 353 g/mol. The summed E-state index contributed by atoms with van der Waals surface area (Å²) in [6.45, 7) is 4.01. The van der Waals surface area contributed by atoms with E-state index in [1.165, 1.54) is 6.07 Å². The lowest BCUT2D eigenvalue weighted by molar-refractivity contribution is 0.0955. The first-order chi connectivity index (χ1) is 12.5. The number of benzene rings is 2. The fourth-order valence-electron chi connectivity index (χ4n) is 2.69. The van der Waals surface area contributed by atoms with Gasteiger partial charge in [-0.1, -0.05) is 6.07 Å². The largest absolute Gasteiger partial charge is 0.319 e. The van der Waals surface area contributed by atoms with Crippen LogP contribution in [0.4, 0.5) is 8.78 Å². The van der Waals surface area contributed by atoms with Gasteiger partial charge < -0.3 is 4.57 Å². The Morgan fingerprint density at radius 1 is 0.962 bits per heavy atom. The molecule has 0 aliphatic rings. The highest BCUT2D eigenvalue weighted by Crippen LogP contribution is 2.17. The molecule has 6 heteroatoms. The van der Waals surface area contributed by atoms with Crippen molar-refractivity contribution in [3.63, 3.8) is 0 Å². The zero-order valence-electron chi connectivity index (χ0n) is 14.3. The smallest absolute Gasteiger partial charge is 0.271 e. The van der Waals surface area contributed by atoms with Gasteiger partial charge in [0.1, 0.15) is 11.6 Å². The lowest BCUT2D eigenvalue weighted by Gasteiger charge is -2.10. The number of nitrogens with zero attached hydrogens (tertiary/aromatic N) is 2. The van der Waals surface area contributed by atoms with Gasteiger partial charge in [-0.05, 0) is 62.4 Å². The molecule has 4 nitrogen and oxygen atoms in total. The van der Waals surface area contributed by atoms with Crippen molar-refractivity contribution in [3.8, 4) is 5.69 Å². The maximum atomic E-state index is 13.5. The van der Waals surface area contributed by atoms with Crippen molar-refractivity contribution in [2.45, 2.75) is 13.8 Å². The van der Waals surface area contributed by atoms with E-state index in [0.29, 0.717) is 5.56 Å². The van der Waals surface area contributed by atoms with E-state index in [0.717, 1.165) is 35.4 Å². The molecule has 0 saturated carbocycles. The summed E-state index contributed by atoms with van der Waals surface area (Å²) in [6.07, 6.45) is 0.948. The van der Waals surface area contributed by atoms with Crippen LogP contribution in [0, 0.1) is 25.5 Å². The van der Waals surface area contributed by atoms with Crippen LogP contribution in [-0.2, 0) is 0 Å². The number of aromatic nitrogens is 1. The number of carbonyl (C=O) groups excluding carboxylic acids is 1. The molecule has 1 amide bonds. The Hall–Kier alpha value is -3.28. The number of hydrogen-bond donors (Lipinski definition) is 1. The maximum Gasteiger partial charge on any atom is 0.271 e. The topological polar surface area (TPSA) is 46.4 Å². The van der Waals surface area contributed by atoms with E-state index in [1.807, 2.05) is 38.1 Å². The fraction of sp³-hybridized carbons (Fsp3) is 0.100. The predicted molar refractivity (Wildman–Crippen MR) is 96.7 cm³/mol. The molecule has 26 heavy (non-hydrogen) atoms. The number of aryl methyl sites for hydroxylation is 2. The number of hydrogen-bond acceptors (Lipinski definition) is 2. The third-order valence-electron chi connectivity index (χ3n) is 4.02. The molecule has 0 aliphatic carbocycles. The molecule has 1 aromatic heterocycles. The standard InChI is InChI=1S/C20H17F2N3O/c1-13-6-7-14(2)25(13)16-10-8-15(9-11-16)20(26)24-23-12-17-18(21)4-3-5-19(17)22/h3-12H,1-2H3,(H,24,26)/b23-12+. The summed E-state index contributed by atoms with van der Waals surface area (Å²) < 4.78 is 29.1. The van der Waals surface area contributed by atoms with Crippen molar-refractivity contribution in [1.82, 2.24) is 9.99 Å². The minimum absolute atomic E-state index is 0.304. The summed E-state index contributed by atoms with van der Waals surface area (Å²) in [5.74, 6) is -1.96. The second kappa shape index (κ2) is 7.31. The van der Waals surface area contributed by atoms with Gasteiger partial charge in [-0.25, -0.2) is 14.2 Å². The molecule has 0 unspecified atom stereocenters. The van der Waals surface area contributed by atoms with E-state index in [1.54, 1.807) is 12.1 Å². The van der Waals surface area contributed by atoms with E-state index >= 15 is 0 Å². The minimum Gasteiger partial charge on any atom is -0.319 e. The molecule has 0 saturated heterocycles. The Morgan fingerprint density at radius 3 is 2.12 bits per heavy atom. The number of hydrazone groups is 1. The third-order valence-corrected chi connectivity index (χ3v) is 4.02. The third kappa shape index (κ3) is 3.54. The van der Waals surface area contributed by atoms with Crippen molar-refractivity contribution in [2.75, 3.05) is 0 Å². The van der Waals surface area contributed by atoms with Gasteiger partial charge in [-0.2, -0.15) is 5.10 Å². The van der Waals surface area contributed by atoms with Crippen LogP contribution in [0.3, 0.4) is 0 Å². The van der Waals surface area contributed by atoms with E-state index in [9.17, 15) is 13.6 Å². The van der Waals surface area contributed by atoms with Gasteiger partial charge in [-0.15, -0.1) is 0 Å². The average Bonchev–Trinajstić information content (AvgIpc) is 2.96. The second-order valence-electron chi connectivity index (χ2n) is 5.83. The summed E-state index contributed by atoms with van der Waals surface area (Å²) in [6, 6.07) is 14.5. The highest BCUT2D eigenvalue weighted by atomic mass is 19.1. The first-order valence-electron chi connectivity index (χ1n) is 8.00. The van der Waals surface area contributed by atoms with E-state index < -0.39 is 17.5 Å². The molecule has 0 spiro atoms. The van der Waals surface area contributed by atoms with Crippen LogP contribution < -0.4 is 5.43 Å². The van der Waals surface area contributed by atoms with E-state index in [4.69, 9.17) is 0 Å². The summed E-state index contributed by atoms with van der Waals surface area (Å²) in [5.41, 5.74) is 5.49. The van der Waals surface area contributed by atoms with Crippen LogP contribution in [0.15, 0.2) is 59.7 Å². The summed E-state index contributed by atoms with van der Waals surface area (Å²) in [5, 5.41) is 3.63. The molecular formula is C20H17F2N3O. The number of halogens is 2. The Kier molecular flexibility index (Phi) is 4.93. The molecule has 3 aromatic rings. The highest BCUT2D eigenvalue weighted by molar-refractivity contribution is 5.95. The highest BCUT2D eigenvalue weighted by Gasteiger charge is 2.08. The Bertz CT molecular complexity index is 935. The zero-order chi connectivity index (χ0) is 18.7. The van der Waals surface area contributed by atoms with Gasteiger partial charge >= 0.3 is 0 Å². The molecule has 0 fully saturated rings. The zero-order valence-corrected chi connectivity index (χ0v) is 14.3. The predicted octanol–water partition coefficient (Wildman–Crippen LogP) is 4.14. The van der Waals surface area contributed by atoms with Gasteiger partial charge in [0, 0.05) is 22.6 Å². The quantitative estimate of drug-likeness (QED) is 0.556. The van der Waals surface area contributed by atoms with Crippen LogP contribution in [-0.4, -0.2) is 16.7 Å². The van der Waals surface area contributed by atoms with Gasteiger partial charge in [-0.3, -0.25) is 4.79 Å². The molecule has 0 radical (unpaired) electrons. The molecule has 3 rings (SSSR count). The lowest BCUT2D eigenvalue weighted by atomic mass is 10.2. The van der Waals surface area contributed by atoms with Crippen LogP contribution in [0.5, 0.6) is 0 Å². The maximum absolute atomic E-state index is 13.5. The van der Waals surface area contributed by atoms with Crippen LogP contribution in [0.25, 0.3) is 5.69 Å². The Balaban J connectivity index is 1.72. The number of nitrogens with one attached hydrogen (secondary N) is 1. The fourth-order valence-corrected chi connectivity index (χ4v) is 2.69. The molecule has 0 atom stereocenters. The SMILES string of the molecule is Cc1ccc(C)n1-c1ccc(C(=O)N/N=C/c2c(F)cccc2F)cc1. The number of amides is 1. The normalized spacial score (nSPS) is 11.1. The molecule has 0 aliphatic heterocycles. The van der Waals surface area contributed by atoms with Gasteiger partial charge in [0.05, 0.1) is 11.8 Å². The number of rotatable bonds is 4. The molecule has 1 N–H and O–H groups in total. The van der Waals surface area contributed by atoms with Crippen LogP contribution in [0.1, 0.15) is 27.3 Å². The molecule has 1 heterocycles. The lowest BCUT2D eigenvalue weighted by Crippen LogP contribution is -2.17. The summed E-state index contributed by atoms with van der Waals surface area (Å²) >= 11 is 0. The minimum atomic E-state index is -0.746. The van der Waals surface area contributed by atoms with E-state index in [2.05, 4.69) is 15.1 Å². The van der Waals surface area contributed by atoms with Crippen molar-refractivity contribution >= 4 is 12.1 Å². The number of carbonyl (C=O) groups is 1. The first kappa shape index (κ1) is 17.5. The Labute approximate surface area is 149 Å². The monoisotopic (exact) mass is 353 g/mol. The first-order valence-corrected chi connectivity index (χ1v) is 8.00. The van der Waals surface area contributed by atoms with Crippen LogP contribution in [0.2, 0.25) is 0 Å². The molecular weight excluding hydrogens is 336 g/mol. The van der Waals surface area contributed by atoms with Gasteiger partial charge in [0.25, 0.3) is 5.91 Å². The Morgan fingerprint density at radius 2 is 1.54 bits per heavy atom. The molecule has 2 aromatic carbocycles. The van der Waals surface area contributed by atoms with Crippen LogP contribution >= 0.6 is 0 Å².